The molecule has 25 heavy (non-hydrogen) atoms. The molecule has 0 amide bonds. The molecule has 128 valence electrons. The van der Waals surface area contributed by atoms with E-state index in [9.17, 15) is 0 Å². The maximum Gasteiger partial charge on any atom is 0.162 e. The Kier molecular flexibility index (Phi) is 5.09. The van der Waals surface area contributed by atoms with E-state index < -0.39 is 0 Å². The van der Waals surface area contributed by atoms with Crippen LogP contribution in [0.2, 0.25) is 0 Å². The lowest BCUT2D eigenvalue weighted by Gasteiger charge is -2.11. The van der Waals surface area contributed by atoms with Crippen molar-refractivity contribution < 1.29 is 9.47 Å². The van der Waals surface area contributed by atoms with E-state index in [1.807, 2.05) is 62.4 Å². The second kappa shape index (κ2) is 7.61. The Morgan fingerprint density at radius 2 is 1.72 bits per heavy atom. The van der Waals surface area contributed by atoms with Crippen molar-refractivity contribution in [1.29, 1.82) is 0 Å². The van der Waals surface area contributed by atoms with Gasteiger partial charge in [-0.15, -0.1) is 10.2 Å². The molecule has 0 aliphatic carbocycles. The zero-order chi connectivity index (χ0) is 17.6. The zero-order valence-electron chi connectivity index (χ0n) is 14.5. The van der Waals surface area contributed by atoms with Crippen molar-refractivity contribution in [2.45, 2.75) is 20.5 Å². The molecular formula is C19H20N4O2. The molecule has 0 radical (unpaired) electrons. The van der Waals surface area contributed by atoms with Gasteiger partial charge in [-0.05, 0) is 43.2 Å². The van der Waals surface area contributed by atoms with Gasteiger partial charge in [-0.2, -0.15) is 5.10 Å². The molecular weight excluding hydrogens is 316 g/mol. The van der Waals surface area contributed by atoms with Crippen LogP contribution in [0.15, 0.2) is 53.6 Å². The van der Waals surface area contributed by atoms with Crippen LogP contribution < -0.4 is 9.47 Å². The number of ether oxygens (including phenoxy) is 2. The number of benzene rings is 2. The lowest BCUT2D eigenvalue weighted by Crippen LogP contribution is -1.99. The molecule has 0 saturated carbocycles. The summed E-state index contributed by atoms with van der Waals surface area (Å²) in [6, 6.07) is 15.7. The largest absolute Gasteiger partial charge is 0.493 e. The number of methoxy groups -OCH3 is 1. The van der Waals surface area contributed by atoms with E-state index in [4.69, 9.17) is 9.47 Å². The fourth-order valence-electron chi connectivity index (χ4n) is 2.38. The van der Waals surface area contributed by atoms with Crippen molar-refractivity contribution in [3.05, 3.63) is 71.3 Å². The molecule has 0 atom stereocenters. The molecule has 0 aliphatic heterocycles. The highest BCUT2D eigenvalue weighted by molar-refractivity contribution is 5.80. The van der Waals surface area contributed by atoms with Crippen LogP contribution in [-0.4, -0.2) is 28.2 Å². The summed E-state index contributed by atoms with van der Waals surface area (Å²) in [7, 11) is 1.63. The lowest BCUT2D eigenvalue weighted by molar-refractivity contribution is 0.284. The second-order valence-electron chi connectivity index (χ2n) is 5.54. The number of nitrogens with zero attached hydrogens (tertiary/aromatic N) is 4. The molecule has 0 aliphatic rings. The van der Waals surface area contributed by atoms with Crippen molar-refractivity contribution in [1.82, 2.24) is 14.9 Å². The molecule has 0 saturated heterocycles. The first kappa shape index (κ1) is 16.7. The summed E-state index contributed by atoms with van der Waals surface area (Å²) >= 11 is 0. The highest BCUT2D eigenvalue weighted by Crippen LogP contribution is 2.28. The van der Waals surface area contributed by atoms with Crippen LogP contribution >= 0.6 is 0 Å². The van der Waals surface area contributed by atoms with Crippen LogP contribution in [0.3, 0.4) is 0 Å². The minimum atomic E-state index is 0.474. The Morgan fingerprint density at radius 1 is 1.00 bits per heavy atom. The van der Waals surface area contributed by atoms with Crippen LogP contribution in [0.5, 0.6) is 11.5 Å². The molecule has 0 N–H and O–H groups in total. The normalized spacial score (nSPS) is 11.0. The average molecular weight is 336 g/mol. The van der Waals surface area contributed by atoms with Crippen molar-refractivity contribution in [2.75, 3.05) is 7.11 Å². The van der Waals surface area contributed by atoms with Crippen LogP contribution in [0.1, 0.15) is 22.8 Å². The summed E-state index contributed by atoms with van der Waals surface area (Å²) in [6.07, 6.45) is 1.75. The topological polar surface area (TPSA) is 61.5 Å². The third-order valence-electron chi connectivity index (χ3n) is 3.70. The minimum Gasteiger partial charge on any atom is -0.493 e. The SMILES string of the molecule is COc1ccc(/C=N\n2c(C)nnc2C)cc1OCc1ccccc1. The van der Waals surface area contributed by atoms with E-state index in [0.717, 1.165) is 22.8 Å². The van der Waals surface area contributed by atoms with Crippen LogP contribution in [0.4, 0.5) is 0 Å². The Hall–Kier alpha value is -3.15. The van der Waals surface area contributed by atoms with Crippen molar-refractivity contribution in [3.8, 4) is 11.5 Å². The lowest BCUT2D eigenvalue weighted by atomic mass is 10.2. The summed E-state index contributed by atoms with van der Waals surface area (Å²) in [4.78, 5) is 0. The van der Waals surface area contributed by atoms with Gasteiger partial charge < -0.3 is 9.47 Å². The molecule has 1 aromatic heterocycles. The van der Waals surface area contributed by atoms with Crippen molar-refractivity contribution >= 4 is 6.21 Å². The van der Waals surface area contributed by atoms with Gasteiger partial charge in [-0.25, -0.2) is 4.68 Å². The van der Waals surface area contributed by atoms with Crippen molar-refractivity contribution in [3.63, 3.8) is 0 Å². The Labute approximate surface area is 146 Å². The van der Waals surface area contributed by atoms with Gasteiger partial charge in [0.05, 0.1) is 13.3 Å². The van der Waals surface area contributed by atoms with Crippen LogP contribution in [0, 0.1) is 13.8 Å². The molecule has 0 bridgehead atoms. The predicted octanol–water partition coefficient (Wildman–Crippen LogP) is 3.36. The molecule has 6 heteroatoms. The third kappa shape index (κ3) is 4.03. The van der Waals surface area contributed by atoms with Gasteiger partial charge >= 0.3 is 0 Å². The smallest absolute Gasteiger partial charge is 0.162 e. The fourth-order valence-corrected chi connectivity index (χ4v) is 2.38. The highest BCUT2D eigenvalue weighted by Gasteiger charge is 2.06. The summed E-state index contributed by atoms with van der Waals surface area (Å²) in [5.74, 6) is 2.84. The summed E-state index contributed by atoms with van der Waals surface area (Å²) in [6.45, 7) is 4.20. The zero-order valence-corrected chi connectivity index (χ0v) is 14.5. The Bertz CT molecular complexity index is 853. The number of hydrogen-bond donors (Lipinski definition) is 0. The van der Waals surface area contributed by atoms with E-state index in [1.54, 1.807) is 18.0 Å². The van der Waals surface area contributed by atoms with Crippen molar-refractivity contribution in [2.24, 2.45) is 5.10 Å². The van der Waals surface area contributed by atoms with E-state index >= 15 is 0 Å². The van der Waals surface area contributed by atoms with Gasteiger partial charge in [-0.3, -0.25) is 0 Å². The Morgan fingerprint density at radius 3 is 2.40 bits per heavy atom. The van der Waals surface area contributed by atoms with Gasteiger partial charge in [0, 0.05) is 0 Å². The van der Waals surface area contributed by atoms with E-state index in [-0.39, 0.29) is 0 Å². The monoisotopic (exact) mass is 336 g/mol. The number of aromatic nitrogens is 3. The third-order valence-corrected chi connectivity index (χ3v) is 3.70. The van der Waals surface area contributed by atoms with Crippen LogP contribution in [0.25, 0.3) is 0 Å². The molecule has 2 aromatic carbocycles. The summed E-state index contributed by atoms with van der Waals surface area (Å²) in [5, 5.41) is 12.4. The van der Waals surface area contributed by atoms with Gasteiger partial charge in [-0.1, -0.05) is 30.3 Å². The summed E-state index contributed by atoms with van der Waals surface area (Å²) < 4.78 is 13.0. The van der Waals surface area contributed by atoms with Gasteiger partial charge in [0.2, 0.25) is 0 Å². The first-order valence-electron chi connectivity index (χ1n) is 7.95. The predicted molar refractivity (Wildman–Crippen MR) is 96.3 cm³/mol. The number of rotatable bonds is 6. The number of hydrogen-bond acceptors (Lipinski definition) is 5. The minimum absolute atomic E-state index is 0.474. The maximum atomic E-state index is 5.92. The van der Waals surface area contributed by atoms with Crippen LogP contribution in [-0.2, 0) is 6.61 Å². The fraction of sp³-hybridized carbons (Fsp3) is 0.211. The number of aryl methyl sites for hydroxylation is 2. The molecule has 6 nitrogen and oxygen atoms in total. The molecule has 0 fully saturated rings. The maximum absolute atomic E-state index is 5.92. The van der Waals surface area contributed by atoms with E-state index in [1.165, 1.54) is 0 Å². The summed E-state index contributed by atoms with van der Waals surface area (Å²) in [5.41, 5.74) is 2.00. The molecule has 3 aromatic rings. The first-order chi connectivity index (χ1) is 12.2. The molecule has 3 rings (SSSR count). The van der Waals surface area contributed by atoms with E-state index in [0.29, 0.717) is 18.1 Å². The Balaban J connectivity index is 1.80. The second-order valence-corrected chi connectivity index (χ2v) is 5.54. The molecule has 0 unspecified atom stereocenters. The quantitative estimate of drug-likeness (QED) is 0.648. The first-order valence-corrected chi connectivity index (χ1v) is 7.95. The van der Waals surface area contributed by atoms with Gasteiger partial charge in [0.25, 0.3) is 0 Å². The average Bonchev–Trinajstić information content (AvgIpc) is 2.97. The standard InChI is InChI=1S/C19H20N4O2/c1-14-21-22-15(2)23(14)20-12-17-9-10-18(24-3)19(11-17)25-13-16-7-5-4-6-8-16/h4-12H,13H2,1-3H3/b20-12-. The molecule has 1 heterocycles. The highest BCUT2D eigenvalue weighted by atomic mass is 16.5. The van der Waals surface area contributed by atoms with E-state index in [2.05, 4.69) is 15.3 Å². The molecule has 0 spiro atoms. The van der Waals surface area contributed by atoms with Gasteiger partial charge in [0.1, 0.15) is 6.61 Å². The van der Waals surface area contributed by atoms with Gasteiger partial charge in [0.15, 0.2) is 23.1 Å².